The zero-order valence-corrected chi connectivity index (χ0v) is 13.1. The molecule has 3 rings (SSSR count). The quantitative estimate of drug-likeness (QED) is 0.749. The topological polar surface area (TPSA) is 87.3 Å². The van der Waals surface area contributed by atoms with Crippen molar-refractivity contribution < 1.29 is 14.4 Å². The summed E-state index contributed by atoms with van der Waals surface area (Å²) in [6, 6.07) is 6.72. The highest BCUT2D eigenvalue weighted by atomic mass is 32.1. The fraction of sp³-hybridized carbons (Fsp3) is 0.214. The van der Waals surface area contributed by atoms with Crippen LogP contribution < -0.4 is 16.2 Å². The highest BCUT2D eigenvalue weighted by Crippen LogP contribution is 2.31. The Balaban J connectivity index is 1.52. The third-order valence-electron chi connectivity index (χ3n) is 3.06. The van der Waals surface area contributed by atoms with Gasteiger partial charge in [-0.3, -0.25) is 25.2 Å². The summed E-state index contributed by atoms with van der Waals surface area (Å²) < 4.78 is 0. The first kappa shape index (κ1) is 14.7. The molecule has 0 unspecified atom stereocenters. The number of hydrogen-bond donors (Lipinski definition) is 3. The van der Waals surface area contributed by atoms with Gasteiger partial charge in [-0.2, -0.15) is 0 Å². The van der Waals surface area contributed by atoms with Crippen LogP contribution in [0.2, 0.25) is 0 Å². The molecule has 1 aliphatic rings. The van der Waals surface area contributed by atoms with Gasteiger partial charge < -0.3 is 5.32 Å². The minimum atomic E-state index is -0.415. The molecule has 0 radical (unpaired) electrons. The molecule has 6 nitrogen and oxygen atoms in total. The molecule has 2 aromatic rings. The van der Waals surface area contributed by atoms with Crippen LogP contribution in [-0.2, 0) is 4.79 Å². The molecule has 0 aromatic carbocycles. The second kappa shape index (κ2) is 6.29. The maximum absolute atomic E-state index is 11.9. The molecule has 3 N–H and O–H groups in total. The maximum Gasteiger partial charge on any atom is 0.279 e. The van der Waals surface area contributed by atoms with E-state index in [0.717, 1.165) is 12.8 Å². The van der Waals surface area contributed by atoms with E-state index >= 15 is 0 Å². The monoisotopic (exact) mass is 335 g/mol. The van der Waals surface area contributed by atoms with E-state index in [1.165, 1.54) is 22.7 Å². The molecule has 1 aliphatic carbocycles. The number of thiophene rings is 2. The van der Waals surface area contributed by atoms with Crippen LogP contribution in [0.5, 0.6) is 0 Å². The van der Waals surface area contributed by atoms with Crippen LogP contribution in [0, 0.1) is 5.92 Å². The van der Waals surface area contributed by atoms with Crippen molar-refractivity contribution in [1.82, 2.24) is 10.9 Å². The SMILES string of the molecule is O=C(NNC(=O)c1ccc(NC(=O)C2CC2)s1)c1cccs1. The Morgan fingerprint density at radius 2 is 1.73 bits per heavy atom. The zero-order chi connectivity index (χ0) is 15.5. The molecule has 1 saturated carbocycles. The summed E-state index contributed by atoms with van der Waals surface area (Å²) in [4.78, 5) is 36.2. The largest absolute Gasteiger partial charge is 0.317 e. The Morgan fingerprint density at radius 1 is 1.00 bits per heavy atom. The number of nitrogens with one attached hydrogen (secondary N) is 3. The van der Waals surface area contributed by atoms with Crippen LogP contribution in [0.1, 0.15) is 32.2 Å². The van der Waals surface area contributed by atoms with Crippen LogP contribution in [0.4, 0.5) is 5.00 Å². The molecule has 0 saturated heterocycles. The minimum Gasteiger partial charge on any atom is -0.317 e. The Morgan fingerprint density at radius 3 is 2.36 bits per heavy atom. The van der Waals surface area contributed by atoms with Gasteiger partial charge >= 0.3 is 0 Å². The highest BCUT2D eigenvalue weighted by Gasteiger charge is 2.29. The first-order valence-corrected chi connectivity index (χ1v) is 8.38. The third-order valence-corrected chi connectivity index (χ3v) is 4.93. The lowest BCUT2D eigenvalue weighted by Crippen LogP contribution is -2.41. The van der Waals surface area contributed by atoms with Crippen LogP contribution in [0.25, 0.3) is 0 Å². The van der Waals surface area contributed by atoms with Crippen LogP contribution in [0.3, 0.4) is 0 Å². The van der Waals surface area contributed by atoms with Crippen LogP contribution in [0.15, 0.2) is 29.6 Å². The number of hydrazine groups is 1. The van der Waals surface area contributed by atoms with Crippen molar-refractivity contribution in [1.29, 1.82) is 0 Å². The van der Waals surface area contributed by atoms with Crippen molar-refractivity contribution in [3.05, 3.63) is 39.4 Å². The Labute approximate surface area is 134 Å². The predicted molar refractivity (Wildman–Crippen MR) is 84.9 cm³/mol. The predicted octanol–water partition coefficient (Wildman–Crippen LogP) is 2.23. The number of rotatable bonds is 4. The average molecular weight is 335 g/mol. The van der Waals surface area contributed by atoms with Crippen molar-refractivity contribution in [3.63, 3.8) is 0 Å². The van der Waals surface area contributed by atoms with Crippen LogP contribution in [-0.4, -0.2) is 17.7 Å². The van der Waals surface area contributed by atoms with E-state index in [2.05, 4.69) is 16.2 Å². The zero-order valence-electron chi connectivity index (χ0n) is 11.4. The molecule has 3 amide bonds. The van der Waals surface area contributed by atoms with Crippen molar-refractivity contribution in [2.45, 2.75) is 12.8 Å². The van der Waals surface area contributed by atoms with Gasteiger partial charge in [0.15, 0.2) is 0 Å². The van der Waals surface area contributed by atoms with Crippen LogP contribution >= 0.6 is 22.7 Å². The second-order valence-electron chi connectivity index (χ2n) is 4.81. The first-order valence-electron chi connectivity index (χ1n) is 6.68. The Bertz CT molecular complexity index is 705. The van der Waals surface area contributed by atoms with Crippen molar-refractivity contribution in [2.24, 2.45) is 5.92 Å². The van der Waals surface area contributed by atoms with Gasteiger partial charge in [-0.05, 0) is 36.4 Å². The first-order chi connectivity index (χ1) is 10.6. The minimum absolute atomic E-state index is 0.000179. The summed E-state index contributed by atoms with van der Waals surface area (Å²) >= 11 is 2.46. The van der Waals surface area contributed by atoms with Gasteiger partial charge in [-0.15, -0.1) is 22.7 Å². The van der Waals surface area contributed by atoms with Crippen molar-refractivity contribution in [2.75, 3.05) is 5.32 Å². The summed E-state index contributed by atoms with van der Waals surface area (Å²) in [7, 11) is 0. The van der Waals surface area contributed by atoms with Gasteiger partial charge in [0.05, 0.1) is 14.8 Å². The van der Waals surface area contributed by atoms with Gasteiger partial charge in [-0.25, -0.2) is 0 Å². The summed E-state index contributed by atoms with van der Waals surface area (Å²) in [6.45, 7) is 0. The number of anilines is 1. The van der Waals surface area contributed by atoms with E-state index in [4.69, 9.17) is 0 Å². The van der Waals surface area contributed by atoms with Crippen molar-refractivity contribution in [3.8, 4) is 0 Å². The highest BCUT2D eigenvalue weighted by molar-refractivity contribution is 7.18. The normalized spacial score (nSPS) is 13.5. The standard InChI is InChI=1S/C14H13N3O3S2/c18-12(8-3-4-8)15-11-6-5-10(22-11)14(20)17-16-13(19)9-2-1-7-21-9/h1-2,5-8H,3-4H2,(H,15,18)(H,16,19)(H,17,20). The summed E-state index contributed by atoms with van der Waals surface area (Å²) in [5, 5.41) is 5.19. The second-order valence-corrected chi connectivity index (χ2v) is 6.84. The van der Waals surface area contributed by atoms with E-state index in [1.54, 1.807) is 29.6 Å². The molecular weight excluding hydrogens is 322 g/mol. The Hall–Kier alpha value is -2.19. The summed E-state index contributed by atoms with van der Waals surface area (Å²) in [5.74, 6) is -0.659. The average Bonchev–Trinajstić information content (AvgIpc) is 3.02. The van der Waals surface area contributed by atoms with Gasteiger partial charge in [-0.1, -0.05) is 6.07 Å². The van der Waals surface area contributed by atoms with Gasteiger partial charge in [0.2, 0.25) is 5.91 Å². The number of amides is 3. The molecule has 0 bridgehead atoms. The molecule has 2 aromatic heterocycles. The van der Waals surface area contributed by atoms with E-state index in [1.807, 2.05) is 0 Å². The summed E-state index contributed by atoms with van der Waals surface area (Å²) in [6.07, 6.45) is 1.86. The lowest BCUT2D eigenvalue weighted by molar-refractivity contribution is -0.117. The molecular formula is C14H13N3O3S2. The number of hydrogen-bond acceptors (Lipinski definition) is 5. The number of carbonyl (C=O) groups is 3. The molecule has 2 heterocycles. The summed E-state index contributed by atoms with van der Waals surface area (Å²) in [5.41, 5.74) is 4.71. The van der Waals surface area contributed by atoms with Crippen molar-refractivity contribution >= 4 is 45.4 Å². The maximum atomic E-state index is 11.9. The molecule has 8 heteroatoms. The molecule has 1 fully saturated rings. The molecule has 114 valence electrons. The van der Waals surface area contributed by atoms with Gasteiger partial charge in [0.25, 0.3) is 11.8 Å². The molecule has 0 atom stereocenters. The molecule has 0 spiro atoms. The fourth-order valence-electron chi connectivity index (χ4n) is 1.74. The molecule has 0 aliphatic heterocycles. The van der Waals surface area contributed by atoms with Gasteiger partial charge in [0.1, 0.15) is 0 Å². The van der Waals surface area contributed by atoms with Gasteiger partial charge in [0, 0.05) is 5.92 Å². The Kier molecular flexibility index (Phi) is 4.21. The smallest absolute Gasteiger partial charge is 0.279 e. The van der Waals surface area contributed by atoms with E-state index in [0.29, 0.717) is 14.8 Å². The fourth-order valence-corrected chi connectivity index (χ4v) is 3.16. The van der Waals surface area contributed by atoms with E-state index in [9.17, 15) is 14.4 Å². The van der Waals surface area contributed by atoms with E-state index < -0.39 is 5.91 Å². The lowest BCUT2D eigenvalue weighted by Gasteiger charge is -2.04. The third kappa shape index (κ3) is 3.52. The number of carbonyl (C=O) groups excluding carboxylic acids is 3. The van der Waals surface area contributed by atoms with E-state index in [-0.39, 0.29) is 17.7 Å². The lowest BCUT2D eigenvalue weighted by atomic mass is 10.4. The molecule has 22 heavy (non-hydrogen) atoms.